The van der Waals surface area contributed by atoms with Crippen LogP contribution < -0.4 is 5.11 Å². The molecule has 2 unspecified atom stereocenters. The molecule has 0 bridgehead atoms. The molecule has 0 aromatic carbocycles. The number of carbonyl (C=O) groups excluding carboxylic acids is 3. The fourth-order valence-corrected chi connectivity index (χ4v) is 6.77. The van der Waals surface area contributed by atoms with Gasteiger partial charge >= 0.3 is 11.9 Å². The molecule has 0 radical (unpaired) electrons. The molecule has 8 nitrogen and oxygen atoms in total. The zero-order valence-corrected chi connectivity index (χ0v) is 38.7. The predicted octanol–water partition coefficient (Wildman–Crippen LogP) is 12.0. The molecule has 0 aliphatic rings. The molecule has 0 aliphatic carbocycles. The SMILES string of the molecule is CC/C=C/C/C=C/C/C=C/CCCCCCCCCCCCCCCC(=O)OCC(COCCC(C(=O)[O-])[N+](C)(C)C)OC(=O)CCCCCCC/C=C/C/C=C/CC. The number of rotatable bonds is 42. The molecule has 0 amide bonds. The molecule has 59 heavy (non-hydrogen) atoms. The van der Waals surface area contributed by atoms with Crippen molar-refractivity contribution in [3.8, 4) is 0 Å². The number of carboxylic acid groups (broad SMARTS) is 1. The van der Waals surface area contributed by atoms with Gasteiger partial charge < -0.3 is 28.6 Å². The monoisotopic (exact) mass is 828 g/mol. The number of likely N-dealkylation sites (N-methyl/N-ethyl adjacent to an activating group) is 1. The van der Waals surface area contributed by atoms with Gasteiger partial charge in [0.1, 0.15) is 12.6 Å². The number of nitrogens with zero attached hydrogens (tertiary/aromatic N) is 1. The fourth-order valence-electron chi connectivity index (χ4n) is 6.77. The first-order valence-electron chi connectivity index (χ1n) is 23.8. The van der Waals surface area contributed by atoms with Gasteiger partial charge in [0.15, 0.2) is 6.10 Å². The van der Waals surface area contributed by atoms with Gasteiger partial charge in [0.2, 0.25) is 0 Å². The second kappa shape index (κ2) is 41.8. The molecule has 0 spiro atoms. The molecule has 8 heteroatoms. The minimum absolute atomic E-state index is 0.0337. The topological polar surface area (TPSA) is 102 Å². The minimum atomic E-state index is -1.13. The standard InChI is InChI=1S/C51H89NO7/c1-6-8-10-12-14-16-18-20-21-22-23-24-25-26-27-28-29-30-32-33-35-37-39-41-49(53)58-46-47(45-57-44-43-48(51(55)56)52(3,4)5)59-50(54)42-40-38-36-34-31-19-17-15-13-11-9-7-2/h8-11,14-17,20-21,47-48H,6-7,12-13,18-19,22-46H2,1-5H3/b10-8+,11-9+,16-14+,17-15+,21-20+. The van der Waals surface area contributed by atoms with E-state index in [-0.39, 0.29) is 42.7 Å². The lowest BCUT2D eigenvalue weighted by molar-refractivity contribution is -0.889. The molecule has 0 aromatic heterocycles. The molecule has 0 rings (SSSR count). The quantitative estimate of drug-likeness (QED) is 0.0261. The minimum Gasteiger partial charge on any atom is -0.544 e. The Morgan fingerprint density at radius 3 is 1.32 bits per heavy atom. The lowest BCUT2D eigenvalue weighted by atomic mass is 10.0. The zero-order valence-electron chi connectivity index (χ0n) is 38.7. The van der Waals surface area contributed by atoms with Crippen LogP contribution in [0.3, 0.4) is 0 Å². The summed E-state index contributed by atoms with van der Waals surface area (Å²) < 4.78 is 17.2. The number of hydrogen-bond acceptors (Lipinski definition) is 7. The van der Waals surface area contributed by atoms with E-state index < -0.39 is 18.1 Å². The Hall–Kier alpha value is -2.97. The number of hydrogen-bond donors (Lipinski definition) is 0. The van der Waals surface area contributed by atoms with Crippen molar-refractivity contribution in [2.75, 3.05) is 41.0 Å². The predicted molar refractivity (Wildman–Crippen MR) is 245 cm³/mol. The Morgan fingerprint density at radius 1 is 0.508 bits per heavy atom. The summed E-state index contributed by atoms with van der Waals surface area (Å²) in [5, 5.41) is 11.6. The van der Waals surface area contributed by atoms with Gasteiger partial charge in [-0.2, -0.15) is 0 Å². The van der Waals surface area contributed by atoms with Gasteiger partial charge in [0.05, 0.1) is 40.3 Å². The third-order valence-electron chi connectivity index (χ3n) is 10.4. The van der Waals surface area contributed by atoms with Gasteiger partial charge in [0, 0.05) is 19.3 Å². The first-order valence-corrected chi connectivity index (χ1v) is 23.8. The maximum atomic E-state index is 12.7. The second-order valence-electron chi connectivity index (χ2n) is 16.9. The Kier molecular flexibility index (Phi) is 39.6. The summed E-state index contributed by atoms with van der Waals surface area (Å²) in [7, 11) is 5.40. The van der Waals surface area contributed by atoms with E-state index in [1.165, 1.54) is 70.6 Å². The van der Waals surface area contributed by atoms with Crippen LogP contribution >= 0.6 is 0 Å². The summed E-state index contributed by atoms with van der Waals surface area (Å²) in [5.74, 6) is -1.76. The van der Waals surface area contributed by atoms with Gasteiger partial charge in [-0.1, -0.05) is 164 Å². The Bertz CT molecular complexity index is 1150. The van der Waals surface area contributed by atoms with Crippen molar-refractivity contribution >= 4 is 17.9 Å². The maximum absolute atomic E-state index is 12.7. The van der Waals surface area contributed by atoms with E-state index in [0.29, 0.717) is 12.8 Å². The Labute approximate surface area is 362 Å². The van der Waals surface area contributed by atoms with Crippen LogP contribution in [-0.4, -0.2) is 75.5 Å². The molecule has 340 valence electrons. The lowest BCUT2D eigenvalue weighted by Gasteiger charge is -2.34. The Balaban J connectivity index is 4.19. The molecule has 0 saturated carbocycles. The maximum Gasteiger partial charge on any atom is 0.306 e. The molecule has 0 aliphatic heterocycles. The van der Waals surface area contributed by atoms with Crippen molar-refractivity contribution in [2.45, 2.75) is 206 Å². The van der Waals surface area contributed by atoms with E-state index in [9.17, 15) is 19.5 Å². The van der Waals surface area contributed by atoms with Crippen molar-refractivity contribution < 1.29 is 38.2 Å². The fraction of sp³-hybridized carbons (Fsp3) is 0.745. The van der Waals surface area contributed by atoms with Crippen LogP contribution in [0, 0.1) is 0 Å². The van der Waals surface area contributed by atoms with E-state index in [4.69, 9.17) is 14.2 Å². The number of allylic oxidation sites excluding steroid dienone is 10. The molecule has 0 aromatic rings. The summed E-state index contributed by atoms with van der Waals surface area (Å²) in [6, 6.07) is -0.729. The number of unbranched alkanes of at least 4 members (excludes halogenated alkanes) is 18. The van der Waals surface area contributed by atoms with Gasteiger partial charge in [0.25, 0.3) is 0 Å². The first kappa shape index (κ1) is 56.0. The number of carbonyl (C=O) groups is 3. The number of quaternary nitrogens is 1. The second-order valence-corrected chi connectivity index (χ2v) is 16.9. The third-order valence-corrected chi connectivity index (χ3v) is 10.4. The third kappa shape index (κ3) is 40.2. The smallest absolute Gasteiger partial charge is 0.306 e. The van der Waals surface area contributed by atoms with Gasteiger partial charge in [-0.05, 0) is 70.6 Å². The number of carboxylic acids is 1. The van der Waals surface area contributed by atoms with Crippen LogP contribution in [0.5, 0.6) is 0 Å². The highest BCUT2D eigenvalue weighted by atomic mass is 16.6. The normalized spacial score (nSPS) is 13.4. The van der Waals surface area contributed by atoms with Crippen molar-refractivity contribution in [3.05, 3.63) is 60.8 Å². The highest BCUT2D eigenvalue weighted by Crippen LogP contribution is 2.15. The lowest BCUT2D eigenvalue weighted by Crippen LogP contribution is -2.55. The highest BCUT2D eigenvalue weighted by Gasteiger charge is 2.25. The highest BCUT2D eigenvalue weighted by molar-refractivity contribution is 5.70. The van der Waals surface area contributed by atoms with Crippen molar-refractivity contribution in [2.24, 2.45) is 0 Å². The first-order chi connectivity index (χ1) is 28.6. The van der Waals surface area contributed by atoms with E-state index >= 15 is 0 Å². The van der Waals surface area contributed by atoms with Crippen molar-refractivity contribution in [1.82, 2.24) is 0 Å². The molecule has 2 atom stereocenters. The average Bonchev–Trinajstić information content (AvgIpc) is 3.19. The van der Waals surface area contributed by atoms with Crippen LogP contribution in [0.4, 0.5) is 0 Å². The zero-order chi connectivity index (χ0) is 43.5. The van der Waals surface area contributed by atoms with E-state index in [1.807, 2.05) is 0 Å². The van der Waals surface area contributed by atoms with Crippen LogP contribution in [0.1, 0.15) is 194 Å². The Morgan fingerprint density at radius 2 is 0.898 bits per heavy atom. The number of esters is 2. The number of ether oxygens (including phenoxy) is 3. The number of aliphatic carboxylic acids is 1. The van der Waals surface area contributed by atoms with Crippen LogP contribution in [-0.2, 0) is 28.6 Å². The van der Waals surface area contributed by atoms with Crippen molar-refractivity contribution in [1.29, 1.82) is 0 Å². The van der Waals surface area contributed by atoms with Gasteiger partial charge in [-0.15, -0.1) is 0 Å². The van der Waals surface area contributed by atoms with Crippen LogP contribution in [0.25, 0.3) is 0 Å². The molecule has 0 heterocycles. The summed E-state index contributed by atoms with van der Waals surface area (Å²) >= 11 is 0. The van der Waals surface area contributed by atoms with Crippen LogP contribution in [0.2, 0.25) is 0 Å². The largest absolute Gasteiger partial charge is 0.544 e. The summed E-state index contributed by atoms with van der Waals surface area (Å²) in [6.07, 6.45) is 51.1. The summed E-state index contributed by atoms with van der Waals surface area (Å²) in [4.78, 5) is 36.9. The summed E-state index contributed by atoms with van der Waals surface area (Å²) in [6.45, 7) is 4.43. The summed E-state index contributed by atoms with van der Waals surface area (Å²) in [5.41, 5.74) is 0. The van der Waals surface area contributed by atoms with E-state index in [0.717, 1.165) is 89.9 Å². The molecule has 0 fully saturated rings. The molecular formula is C51H89NO7. The van der Waals surface area contributed by atoms with E-state index in [2.05, 4.69) is 74.6 Å². The van der Waals surface area contributed by atoms with Gasteiger partial charge in [-0.25, -0.2) is 0 Å². The van der Waals surface area contributed by atoms with Crippen molar-refractivity contribution in [3.63, 3.8) is 0 Å². The molecule has 0 saturated heterocycles. The van der Waals surface area contributed by atoms with E-state index in [1.54, 1.807) is 21.1 Å². The average molecular weight is 828 g/mol. The molecular weight excluding hydrogens is 739 g/mol. The molecule has 0 N–H and O–H groups in total. The van der Waals surface area contributed by atoms with Gasteiger partial charge in [-0.3, -0.25) is 9.59 Å². The van der Waals surface area contributed by atoms with Crippen LogP contribution in [0.15, 0.2) is 60.8 Å².